The Morgan fingerprint density at radius 2 is 1.59 bits per heavy atom. The number of H-pyrrole nitrogens is 1. The van der Waals surface area contributed by atoms with Crippen LogP contribution in [-0.2, 0) is 4.84 Å². The van der Waals surface area contributed by atoms with Crippen molar-refractivity contribution in [3.8, 4) is 0 Å². The third kappa shape index (κ3) is 2.08. The van der Waals surface area contributed by atoms with Gasteiger partial charge in [0.1, 0.15) is 0 Å². The highest BCUT2D eigenvalue weighted by molar-refractivity contribution is 6.21. The van der Waals surface area contributed by atoms with Crippen LogP contribution in [0.2, 0.25) is 0 Å². The first kappa shape index (κ1) is 13.7. The van der Waals surface area contributed by atoms with E-state index in [-0.39, 0.29) is 27.9 Å². The largest absolute Gasteiger partial charge is 0.365 e. The standard InChI is InChI=1S/C15H10N2O5/c1-8-9(6-7-12(18)16-8)15(21)22-17-13(19)10-4-2-3-5-11(10)14(17)20/h2-7H,1H3,(H,16,18). The van der Waals surface area contributed by atoms with Crippen LogP contribution in [0, 0.1) is 6.92 Å². The first-order valence-corrected chi connectivity index (χ1v) is 6.39. The number of carbonyl (C=O) groups excluding carboxylic acids is 3. The van der Waals surface area contributed by atoms with Gasteiger partial charge in [-0.3, -0.25) is 14.4 Å². The van der Waals surface area contributed by atoms with E-state index in [1.807, 2.05) is 0 Å². The maximum atomic E-state index is 12.1. The minimum atomic E-state index is -0.900. The zero-order valence-electron chi connectivity index (χ0n) is 11.5. The second kappa shape index (κ2) is 4.96. The Balaban J connectivity index is 1.88. The van der Waals surface area contributed by atoms with Gasteiger partial charge in [0.2, 0.25) is 5.56 Å². The molecule has 22 heavy (non-hydrogen) atoms. The number of imide groups is 1. The third-order valence-corrected chi connectivity index (χ3v) is 3.27. The van der Waals surface area contributed by atoms with Crippen molar-refractivity contribution in [1.82, 2.24) is 10.0 Å². The Morgan fingerprint density at radius 3 is 2.14 bits per heavy atom. The molecule has 0 aliphatic carbocycles. The first-order chi connectivity index (χ1) is 10.5. The molecule has 0 spiro atoms. The highest BCUT2D eigenvalue weighted by Gasteiger charge is 2.38. The van der Waals surface area contributed by atoms with Crippen LogP contribution >= 0.6 is 0 Å². The molecule has 2 amide bonds. The normalized spacial score (nSPS) is 13.2. The average molecular weight is 298 g/mol. The Labute approximate surface area is 124 Å². The lowest BCUT2D eigenvalue weighted by atomic mass is 10.1. The fraction of sp³-hybridized carbons (Fsp3) is 0.0667. The number of rotatable bonds is 2. The molecule has 7 heteroatoms. The molecule has 1 aliphatic rings. The van der Waals surface area contributed by atoms with Crippen molar-refractivity contribution in [3.63, 3.8) is 0 Å². The van der Waals surface area contributed by atoms with Gasteiger partial charge in [-0.2, -0.15) is 0 Å². The van der Waals surface area contributed by atoms with E-state index in [9.17, 15) is 19.2 Å². The van der Waals surface area contributed by atoms with E-state index in [1.165, 1.54) is 25.1 Å². The molecule has 0 saturated heterocycles. The summed E-state index contributed by atoms with van der Waals surface area (Å²) in [6.07, 6.45) is 0. The van der Waals surface area contributed by atoms with Crippen LogP contribution in [0.3, 0.4) is 0 Å². The molecule has 1 aromatic heterocycles. The third-order valence-electron chi connectivity index (χ3n) is 3.27. The molecule has 0 radical (unpaired) electrons. The van der Waals surface area contributed by atoms with Crippen LogP contribution in [0.1, 0.15) is 36.8 Å². The monoisotopic (exact) mass is 298 g/mol. The van der Waals surface area contributed by atoms with E-state index in [4.69, 9.17) is 4.84 Å². The van der Waals surface area contributed by atoms with Gasteiger partial charge in [-0.25, -0.2) is 4.79 Å². The summed E-state index contributed by atoms with van der Waals surface area (Å²) in [5.41, 5.74) is 0.344. The van der Waals surface area contributed by atoms with Crippen molar-refractivity contribution in [1.29, 1.82) is 0 Å². The molecule has 0 unspecified atom stereocenters. The molecule has 1 aliphatic heterocycles. The Hall–Kier alpha value is -3.22. The van der Waals surface area contributed by atoms with Crippen LogP contribution in [0.25, 0.3) is 0 Å². The predicted molar refractivity (Wildman–Crippen MR) is 74.2 cm³/mol. The van der Waals surface area contributed by atoms with Crippen LogP contribution in [0.15, 0.2) is 41.2 Å². The molecule has 7 nitrogen and oxygen atoms in total. The number of benzene rings is 1. The number of nitrogens with one attached hydrogen (secondary N) is 1. The lowest BCUT2D eigenvalue weighted by Crippen LogP contribution is -2.33. The molecule has 1 aromatic carbocycles. The van der Waals surface area contributed by atoms with Crippen molar-refractivity contribution < 1.29 is 19.2 Å². The number of pyridine rings is 1. The summed E-state index contributed by atoms with van der Waals surface area (Å²) >= 11 is 0. The molecule has 0 bridgehead atoms. The number of carbonyl (C=O) groups is 3. The number of hydroxylamine groups is 2. The number of hydrogen-bond acceptors (Lipinski definition) is 5. The predicted octanol–water partition coefficient (Wildman–Crippen LogP) is 1.05. The molecule has 0 fully saturated rings. The summed E-state index contributed by atoms with van der Waals surface area (Å²) in [6, 6.07) is 8.62. The van der Waals surface area contributed by atoms with E-state index >= 15 is 0 Å². The molecule has 0 atom stereocenters. The molecule has 110 valence electrons. The summed E-state index contributed by atoms with van der Waals surface area (Å²) in [7, 11) is 0. The minimum Gasteiger partial charge on any atom is -0.326 e. The fourth-order valence-corrected chi connectivity index (χ4v) is 2.18. The van der Waals surface area contributed by atoms with Gasteiger partial charge >= 0.3 is 5.97 Å². The number of aromatic nitrogens is 1. The number of fused-ring (bicyclic) bond motifs is 1. The maximum absolute atomic E-state index is 12.1. The minimum absolute atomic E-state index is 0.0659. The highest BCUT2D eigenvalue weighted by atomic mass is 16.7. The van der Waals surface area contributed by atoms with E-state index < -0.39 is 17.8 Å². The molecule has 2 aromatic rings. The summed E-state index contributed by atoms with van der Waals surface area (Å²) in [5.74, 6) is -2.30. The molecule has 0 saturated carbocycles. The number of aromatic amines is 1. The molecule has 2 heterocycles. The SMILES string of the molecule is Cc1[nH]c(=O)ccc1C(=O)ON1C(=O)c2ccccc2C1=O. The summed E-state index contributed by atoms with van der Waals surface area (Å²) in [4.78, 5) is 54.7. The summed E-state index contributed by atoms with van der Waals surface area (Å²) in [5, 5.41) is 0.428. The van der Waals surface area contributed by atoms with E-state index in [0.717, 1.165) is 6.07 Å². The van der Waals surface area contributed by atoms with Crippen molar-refractivity contribution in [2.24, 2.45) is 0 Å². The highest BCUT2D eigenvalue weighted by Crippen LogP contribution is 2.23. The Bertz CT molecular complexity index is 833. The van der Waals surface area contributed by atoms with Gasteiger partial charge in [0.05, 0.1) is 16.7 Å². The first-order valence-electron chi connectivity index (χ1n) is 6.39. The zero-order chi connectivity index (χ0) is 15.9. The fourth-order valence-electron chi connectivity index (χ4n) is 2.18. The average Bonchev–Trinajstić information content (AvgIpc) is 2.73. The topological polar surface area (TPSA) is 96.5 Å². The van der Waals surface area contributed by atoms with Gasteiger partial charge in [0.15, 0.2) is 0 Å². The molecular formula is C15H10N2O5. The van der Waals surface area contributed by atoms with Crippen LogP contribution in [0.4, 0.5) is 0 Å². The number of aryl methyl sites for hydroxylation is 1. The van der Waals surface area contributed by atoms with Crippen molar-refractivity contribution >= 4 is 17.8 Å². The van der Waals surface area contributed by atoms with Crippen molar-refractivity contribution in [3.05, 3.63) is 69.1 Å². The van der Waals surface area contributed by atoms with E-state index in [0.29, 0.717) is 5.06 Å². The Morgan fingerprint density at radius 1 is 1.00 bits per heavy atom. The van der Waals surface area contributed by atoms with Gasteiger partial charge < -0.3 is 9.82 Å². The molecule has 3 rings (SSSR count). The smallest absolute Gasteiger partial charge is 0.326 e. The van der Waals surface area contributed by atoms with E-state index in [1.54, 1.807) is 12.1 Å². The van der Waals surface area contributed by atoms with Gasteiger partial charge in [0, 0.05) is 11.8 Å². The maximum Gasteiger partial charge on any atom is 0.365 e. The molecular weight excluding hydrogens is 288 g/mol. The second-order valence-corrected chi connectivity index (χ2v) is 4.69. The summed E-state index contributed by atoms with van der Waals surface area (Å²) < 4.78 is 0. The van der Waals surface area contributed by atoms with Gasteiger partial charge in [-0.15, -0.1) is 0 Å². The number of hydrogen-bond donors (Lipinski definition) is 1. The van der Waals surface area contributed by atoms with E-state index in [2.05, 4.69) is 4.98 Å². The zero-order valence-corrected chi connectivity index (χ0v) is 11.5. The second-order valence-electron chi connectivity index (χ2n) is 4.69. The summed E-state index contributed by atoms with van der Waals surface area (Å²) in [6.45, 7) is 1.51. The van der Waals surface area contributed by atoms with Crippen molar-refractivity contribution in [2.45, 2.75) is 6.92 Å². The van der Waals surface area contributed by atoms with Crippen LogP contribution < -0.4 is 5.56 Å². The van der Waals surface area contributed by atoms with Gasteiger partial charge in [0.25, 0.3) is 11.8 Å². The number of amides is 2. The van der Waals surface area contributed by atoms with Gasteiger partial charge in [-0.05, 0) is 25.1 Å². The lowest BCUT2D eigenvalue weighted by molar-refractivity contribution is -0.0585. The molecule has 1 N–H and O–H groups in total. The Kier molecular flexibility index (Phi) is 3.10. The van der Waals surface area contributed by atoms with Crippen LogP contribution in [0.5, 0.6) is 0 Å². The van der Waals surface area contributed by atoms with Gasteiger partial charge in [-0.1, -0.05) is 17.2 Å². The van der Waals surface area contributed by atoms with Crippen LogP contribution in [-0.4, -0.2) is 27.8 Å². The van der Waals surface area contributed by atoms with Crippen molar-refractivity contribution in [2.75, 3.05) is 0 Å². The quantitative estimate of drug-likeness (QED) is 0.836. The lowest BCUT2D eigenvalue weighted by Gasteiger charge is -2.13. The number of nitrogens with zero attached hydrogens (tertiary/aromatic N) is 1.